The highest BCUT2D eigenvalue weighted by atomic mass is 16.5. The van der Waals surface area contributed by atoms with Crippen molar-refractivity contribution in [3.63, 3.8) is 0 Å². The number of rotatable bonds is 10. The lowest BCUT2D eigenvalue weighted by molar-refractivity contribution is -0.154. The summed E-state index contributed by atoms with van der Waals surface area (Å²) in [7, 11) is 1.41. The van der Waals surface area contributed by atoms with Crippen LogP contribution in [-0.2, 0) is 19.1 Å². The van der Waals surface area contributed by atoms with E-state index in [-0.39, 0.29) is 37.9 Å². The molecule has 0 spiro atoms. The summed E-state index contributed by atoms with van der Waals surface area (Å²) in [5.41, 5.74) is 3.73. The zero-order valence-corrected chi connectivity index (χ0v) is 19.2. The Kier molecular flexibility index (Phi) is 7.17. The molecule has 2 amide bonds. The molecule has 3 N–H and O–H groups in total. The normalized spacial score (nSPS) is 16.5. The maximum absolute atomic E-state index is 12.4. The number of carbonyl (C=O) groups excluding carboxylic acids is 2. The number of carbonyl (C=O) groups is 3. The number of methoxy groups -OCH3 is 1. The Morgan fingerprint density at radius 2 is 1.65 bits per heavy atom. The van der Waals surface area contributed by atoms with Gasteiger partial charge in [0, 0.05) is 32.5 Å². The molecule has 1 atom stereocenters. The number of ether oxygens (including phenoxy) is 2. The van der Waals surface area contributed by atoms with Crippen molar-refractivity contribution in [2.45, 2.75) is 37.7 Å². The van der Waals surface area contributed by atoms with Gasteiger partial charge < -0.3 is 25.2 Å². The van der Waals surface area contributed by atoms with Crippen molar-refractivity contribution in [2.75, 3.05) is 26.8 Å². The smallest absolute Gasteiger partial charge is 0.407 e. The predicted octanol–water partition coefficient (Wildman–Crippen LogP) is 3.30. The SMILES string of the molecule is COC(CCNC(=O)OCC1c2ccccc2-c2ccccc21)C(=O)NCC1(C(=O)O)CCC1. The topological polar surface area (TPSA) is 114 Å². The summed E-state index contributed by atoms with van der Waals surface area (Å²) in [4.78, 5) is 36.2. The number of benzene rings is 2. The van der Waals surface area contributed by atoms with E-state index < -0.39 is 23.6 Å². The Balaban J connectivity index is 1.23. The zero-order chi connectivity index (χ0) is 24.1. The van der Waals surface area contributed by atoms with Gasteiger partial charge in [-0.05, 0) is 35.1 Å². The fourth-order valence-corrected chi connectivity index (χ4v) is 4.75. The molecule has 2 aromatic rings. The van der Waals surface area contributed by atoms with Gasteiger partial charge in [0.1, 0.15) is 12.7 Å². The van der Waals surface area contributed by atoms with Gasteiger partial charge in [0.25, 0.3) is 0 Å². The lowest BCUT2D eigenvalue weighted by Gasteiger charge is -2.37. The molecule has 4 rings (SSSR count). The number of amides is 2. The van der Waals surface area contributed by atoms with Crippen LogP contribution < -0.4 is 10.6 Å². The Morgan fingerprint density at radius 3 is 2.18 bits per heavy atom. The second kappa shape index (κ2) is 10.3. The zero-order valence-electron chi connectivity index (χ0n) is 19.2. The highest BCUT2D eigenvalue weighted by Crippen LogP contribution is 2.44. The standard InChI is InChI=1S/C26H30N2O6/c1-33-22(23(29)28-16-26(24(30)31)12-6-13-26)11-14-27-25(32)34-15-21-19-9-4-2-7-17(19)18-8-3-5-10-20(18)21/h2-5,7-10,21-22H,6,11-16H2,1H3,(H,27,32)(H,28,29)(H,30,31). The third-order valence-corrected chi connectivity index (χ3v) is 6.96. The van der Waals surface area contributed by atoms with Crippen LogP contribution in [0.25, 0.3) is 11.1 Å². The second-order valence-electron chi connectivity index (χ2n) is 8.92. The van der Waals surface area contributed by atoms with Gasteiger partial charge in [0.05, 0.1) is 5.41 Å². The van der Waals surface area contributed by atoms with E-state index >= 15 is 0 Å². The van der Waals surface area contributed by atoms with Crippen LogP contribution in [0.2, 0.25) is 0 Å². The molecule has 8 heteroatoms. The van der Waals surface area contributed by atoms with E-state index in [9.17, 15) is 19.5 Å². The molecule has 1 fully saturated rings. The number of hydrogen-bond donors (Lipinski definition) is 3. The first-order valence-electron chi connectivity index (χ1n) is 11.6. The van der Waals surface area contributed by atoms with E-state index in [2.05, 4.69) is 34.9 Å². The number of carboxylic acids is 1. The van der Waals surface area contributed by atoms with Crippen LogP contribution in [0.15, 0.2) is 48.5 Å². The van der Waals surface area contributed by atoms with Gasteiger partial charge in [-0.25, -0.2) is 4.79 Å². The summed E-state index contributed by atoms with van der Waals surface area (Å²) in [5, 5.41) is 14.7. The Bertz CT molecular complexity index is 1020. The fraction of sp³-hybridized carbons (Fsp3) is 0.423. The number of hydrogen-bond acceptors (Lipinski definition) is 5. The van der Waals surface area contributed by atoms with Crippen molar-refractivity contribution < 1.29 is 29.0 Å². The van der Waals surface area contributed by atoms with Crippen molar-refractivity contribution in [3.8, 4) is 11.1 Å². The Hall–Kier alpha value is -3.39. The van der Waals surface area contributed by atoms with Gasteiger partial charge in [-0.3, -0.25) is 9.59 Å². The minimum atomic E-state index is -0.884. The van der Waals surface area contributed by atoms with Gasteiger partial charge in [-0.2, -0.15) is 0 Å². The van der Waals surface area contributed by atoms with E-state index in [0.717, 1.165) is 28.7 Å². The molecular weight excluding hydrogens is 436 g/mol. The van der Waals surface area contributed by atoms with E-state index in [0.29, 0.717) is 12.8 Å². The quantitative estimate of drug-likeness (QED) is 0.495. The summed E-state index contributed by atoms with van der Waals surface area (Å²) >= 11 is 0. The van der Waals surface area contributed by atoms with Gasteiger partial charge in [-0.1, -0.05) is 55.0 Å². The van der Waals surface area contributed by atoms with Crippen LogP contribution >= 0.6 is 0 Å². The maximum atomic E-state index is 12.4. The van der Waals surface area contributed by atoms with E-state index in [1.807, 2.05) is 24.3 Å². The van der Waals surface area contributed by atoms with Crippen LogP contribution in [0.1, 0.15) is 42.7 Å². The molecule has 2 aliphatic rings. The molecule has 2 aliphatic carbocycles. The highest BCUT2D eigenvalue weighted by Gasteiger charge is 2.44. The van der Waals surface area contributed by atoms with Crippen molar-refractivity contribution >= 4 is 18.0 Å². The van der Waals surface area contributed by atoms with Crippen molar-refractivity contribution in [1.82, 2.24) is 10.6 Å². The van der Waals surface area contributed by atoms with Crippen LogP contribution in [0.3, 0.4) is 0 Å². The van der Waals surface area contributed by atoms with Crippen LogP contribution in [0.5, 0.6) is 0 Å². The monoisotopic (exact) mass is 466 g/mol. The minimum absolute atomic E-state index is 0.0243. The first-order valence-corrected chi connectivity index (χ1v) is 11.6. The molecule has 1 unspecified atom stereocenters. The number of fused-ring (bicyclic) bond motifs is 3. The van der Waals surface area contributed by atoms with Gasteiger partial charge in [-0.15, -0.1) is 0 Å². The van der Waals surface area contributed by atoms with Gasteiger partial charge >= 0.3 is 12.1 Å². The maximum Gasteiger partial charge on any atom is 0.407 e. The molecule has 180 valence electrons. The first kappa shape index (κ1) is 23.8. The minimum Gasteiger partial charge on any atom is -0.481 e. The Labute approximate surface area is 198 Å². The number of aliphatic carboxylic acids is 1. The Morgan fingerprint density at radius 1 is 1.03 bits per heavy atom. The molecule has 2 aromatic carbocycles. The van der Waals surface area contributed by atoms with Crippen molar-refractivity contribution in [3.05, 3.63) is 59.7 Å². The summed E-state index contributed by atoms with van der Waals surface area (Å²) in [5.74, 6) is -1.29. The summed E-state index contributed by atoms with van der Waals surface area (Å²) < 4.78 is 10.7. The van der Waals surface area contributed by atoms with Crippen LogP contribution in [-0.4, -0.2) is 56.0 Å². The molecule has 0 aliphatic heterocycles. The van der Waals surface area contributed by atoms with E-state index in [1.165, 1.54) is 7.11 Å². The second-order valence-corrected chi connectivity index (χ2v) is 8.92. The number of nitrogens with one attached hydrogen (secondary N) is 2. The third kappa shape index (κ3) is 4.77. The van der Waals surface area contributed by atoms with Crippen molar-refractivity contribution in [1.29, 1.82) is 0 Å². The summed E-state index contributed by atoms with van der Waals surface area (Å²) in [6, 6.07) is 16.2. The molecule has 0 aromatic heterocycles. The lowest BCUT2D eigenvalue weighted by atomic mass is 9.69. The number of carboxylic acid groups (broad SMARTS) is 1. The predicted molar refractivity (Wildman–Crippen MR) is 125 cm³/mol. The third-order valence-electron chi connectivity index (χ3n) is 6.96. The largest absolute Gasteiger partial charge is 0.481 e. The van der Waals surface area contributed by atoms with Crippen molar-refractivity contribution in [2.24, 2.45) is 5.41 Å². The molecular formula is C26H30N2O6. The molecule has 1 saturated carbocycles. The molecule has 0 bridgehead atoms. The van der Waals surface area contributed by atoms with Gasteiger partial charge in [0.2, 0.25) is 5.91 Å². The molecule has 34 heavy (non-hydrogen) atoms. The first-order chi connectivity index (χ1) is 16.4. The molecule has 8 nitrogen and oxygen atoms in total. The molecule has 0 heterocycles. The fourth-order valence-electron chi connectivity index (χ4n) is 4.75. The lowest BCUT2D eigenvalue weighted by Crippen LogP contribution is -2.50. The molecule has 0 saturated heterocycles. The van der Waals surface area contributed by atoms with E-state index in [4.69, 9.17) is 9.47 Å². The summed E-state index contributed by atoms with van der Waals surface area (Å²) in [6.45, 7) is 0.485. The van der Waals surface area contributed by atoms with E-state index in [1.54, 1.807) is 0 Å². The molecule has 0 radical (unpaired) electrons. The van der Waals surface area contributed by atoms with Crippen LogP contribution in [0, 0.1) is 5.41 Å². The summed E-state index contributed by atoms with van der Waals surface area (Å²) in [6.07, 6.45) is 0.857. The van der Waals surface area contributed by atoms with Gasteiger partial charge in [0.15, 0.2) is 0 Å². The highest BCUT2D eigenvalue weighted by molar-refractivity contribution is 5.83. The number of alkyl carbamates (subject to hydrolysis) is 1. The average molecular weight is 467 g/mol. The van der Waals surface area contributed by atoms with Crippen LogP contribution in [0.4, 0.5) is 4.79 Å². The average Bonchev–Trinajstić information content (AvgIpc) is 3.13.